The minimum Gasteiger partial charge on any atom is -0.396 e. The molecule has 0 saturated heterocycles. The second kappa shape index (κ2) is 4.95. The van der Waals surface area contributed by atoms with Gasteiger partial charge in [-0.25, -0.2) is 5.84 Å². The van der Waals surface area contributed by atoms with Crippen LogP contribution in [-0.4, -0.2) is 28.2 Å². The van der Waals surface area contributed by atoms with Gasteiger partial charge in [0.1, 0.15) is 11.6 Å². The van der Waals surface area contributed by atoms with Crippen molar-refractivity contribution in [1.29, 1.82) is 0 Å². The summed E-state index contributed by atoms with van der Waals surface area (Å²) in [4.78, 5) is 7.86. The summed E-state index contributed by atoms with van der Waals surface area (Å²) < 4.78 is 0. The molecule has 0 unspecified atom stereocenters. The fraction of sp³-hybridized carbons (Fsp3) is 0.556. The lowest BCUT2D eigenvalue weighted by Crippen LogP contribution is -2.27. The number of nitrogen functional groups attached to an aromatic ring is 2. The van der Waals surface area contributed by atoms with E-state index in [-0.39, 0.29) is 18.0 Å². The number of nitrogens with one attached hydrogen (secondary N) is 2. The van der Waals surface area contributed by atoms with Gasteiger partial charge in [0.25, 0.3) is 0 Å². The maximum Gasteiger partial charge on any atom is 0.223 e. The molecule has 7 nitrogen and oxygen atoms in total. The number of aliphatic hydroxyl groups is 1. The van der Waals surface area contributed by atoms with E-state index >= 15 is 0 Å². The Balaban J connectivity index is 2.70. The number of rotatable bonds is 5. The van der Waals surface area contributed by atoms with E-state index in [1.165, 1.54) is 0 Å². The summed E-state index contributed by atoms with van der Waals surface area (Å²) in [7, 11) is 0. The van der Waals surface area contributed by atoms with Crippen LogP contribution in [0.2, 0.25) is 0 Å². The van der Waals surface area contributed by atoms with Crippen molar-refractivity contribution in [2.75, 3.05) is 29.6 Å². The Morgan fingerprint density at radius 3 is 2.56 bits per heavy atom. The second-order valence-corrected chi connectivity index (χ2v) is 4.32. The Morgan fingerprint density at radius 2 is 2.00 bits per heavy atom. The van der Waals surface area contributed by atoms with Crippen LogP contribution in [0.5, 0.6) is 0 Å². The van der Waals surface area contributed by atoms with Crippen molar-refractivity contribution < 1.29 is 5.11 Å². The van der Waals surface area contributed by atoms with E-state index in [0.29, 0.717) is 18.2 Å². The summed E-state index contributed by atoms with van der Waals surface area (Å²) in [5, 5.41) is 12.2. The number of anilines is 3. The second-order valence-electron chi connectivity index (χ2n) is 4.32. The van der Waals surface area contributed by atoms with Crippen molar-refractivity contribution in [1.82, 2.24) is 9.97 Å². The summed E-state index contributed by atoms with van der Waals surface area (Å²) in [6.07, 6.45) is 0. The fourth-order valence-electron chi connectivity index (χ4n) is 1.02. The lowest BCUT2D eigenvalue weighted by atomic mass is 9.95. The molecule has 0 aromatic carbocycles. The third-order valence-corrected chi connectivity index (χ3v) is 2.07. The molecule has 0 radical (unpaired) electrons. The molecule has 1 aromatic heterocycles. The SMILES string of the molecule is CC(C)(CO)CNc1cc(NN)nc(N)n1. The first kappa shape index (κ1) is 12.5. The summed E-state index contributed by atoms with van der Waals surface area (Å²) >= 11 is 0. The Labute approximate surface area is 94.2 Å². The predicted octanol–water partition coefficient (Wildman–Crippen LogP) is -0.225. The third-order valence-electron chi connectivity index (χ3n) is 2.07. The minimum absolute atomic E-state index is 0.0859. The molecular weight excluding hydrogens is 208 g/mol. The number of aliphatic hydroxyl groups excluding tert-OH is 1. The zero-order valence-corrected chi connectivity index (χ0v) is 9.49. The van der Waals surface area contributed by atoms with Crippen LogP contribution >= 0.6 is 0 Å². The van der Waals surface area contributed by atoms with Crippen LogP contribution in [0.3, 0.4) is 0 Å². The molecule has 16 heavy (non-hydrogen) atoms. The Hall–Kier alpha value is -1.60. The zero-order valence-electron chi connectivity index (χ0n) is 9.49. The summed E-state index contributed by atoms with van der Waals surface area (Å²) in [6, 6.07) is 1.64. The van der Waals surface area contributed by atoms with E-state index in [9.17, 15) is 0 Å². The van der Waals surface area contributed by atoms with Crippen LogP contribution in [0.25, 0.3) is 0 Å². The largest absolute Gasteiger partial charge is 0.396 e. The van der Waals surface area contributed by atoms with E-state index in [1.54, 1.807) is 6.07 Å². The molecule has 0 bridgehead atoms. The molecule has 1 aromatic rings. The van der Waals surface area contributed by atoms with Crippen molar-refractivity contribution in [3.63, 3.8) is 0 Å². The van der Waals surface area contributed by atoms with Gasteiger partial charge in [0.05, 0.1) is 0 Å². The highest BCUT2D eigenvalue weighted by atomic mass is 16.3. The van der Waals surface area contributed by atoms with Gasteiger partial charge in [0.15, 0.2) is 0 Å². The molecule has 7 heteroatoms. The van der Waals surface area contributed by atoms with Gasteiger partial charge in [-0.3, -0.25) is 0 Å². The van der Waals surface area contributed by atoms with E-state index in [0.717, 1.165) is 0 Å². The average molecular weight is 226 g/mol. The normalized spacial score (nSPS) is 11.2. The monoisotopic (exact) mass is 226 g/mol. The molecule has 0 amide bonds. The van der Waals surface area contributed by atoms with Crippen molar-refractivity contribution >= 4 is 17.6 Å². The molecular formula is C9H18N6O. The fourth-order valence-corrected chi connectivity index (χ4v) is 1.02. The molecule has 0 aliphatic heterocycles. The number of hydrazine groups is 1. The maximum atomic E-state index is 9.10. The van der Waals surface area contributed by atoms with Gasteiger partial charge in [0, 0.05) is 24.6 Å². The highest BCUT2D eigenvalue weighted by Crippen LogP contribution is 2.16. The summed E-state index contributed by atoms with van der Waals surface area (Å²) in [6.45, 7) is 4.53. The first-order valence-electron chi connectivity index (χ1n) is 4.93. The topological polar surface area (TPSA) is 122 Å². The summed E-state index contributed by atoms with van der Waals surface area (Å²) in [5.74, 6) is 6.38. The number of hydrogen-bond donors (Lipinski definition) is 5. The molecule has 90 valence electrons. The number of hydrogen-bond acceptors (Lipinski definition) is 7. The first-order valence-corrected chi connectivity index (χ1v) is 4.93. The van der Waals surface area contributed by atoms with Gasteiger partial charge >= 0.3 is 0 Å². The lowest BCUT2D eigenvalue weighted by molar-refractivity contribution is 0.170. The molecule has 0 atom stereocenters. The average Bonchev–Trinajstić information content (AvgIpc) is 2.26. The van der Waals surface area contributed by atoms with Gasteiger partial charge in [0.2, 0.25) is 5.95 Å². The van der Waals surface area contributed by atoms with Gasteiger partial charge in [-0.05, 0) is 0 Å². The van der Waals surface area contributed by atoms with Gasteiger partial charge < -0.3 is 21.6 Å². The molecule has 0 saturated carbocycles. The van der Waals surface area contributed by atoms with Crippen LogP contribution < -0.4 is 22.3 Å². The molecule has 0 spiro atoms. The van der Waals surface area contributed by atoms with E-state index in [2.05, 4.69) is 20.7 Å². The van der Waals surface area contributed by atoms with Gasteiger partial charge in [-0.15, -0.1) is 0 Å². The molecule has 0 aliphatic carbocycles. The van der Waals surface area contributed by atoms with E-state index < -0.39 is 0 Å². The zero-order chi connectivity index (χ0) is 12.2. The Bertz CT molecular complexity index is 354. The third kappa shape index (κ3) is 3.52. The van der Waals surface area contributed by atoms with Crippen LogP contribution in [0.1, 0.15) is 13.8 Å². The molecule has 0 fully saturated rings. The first-order chi connectivity index (χ1) is 7.46. The Morgan fingerprint density at radius 1 is 1.38 bits per heavy atom. The summed E-state index contributed by atoms with van der Waals surface area (Å²) in [5.41, 5.74) is 7.67. The molecule has 0 aliphatic rings. The van der Waals surface area contributed by atoms with Crippen molar-refractivity contribution in [2.45, 2.75) is 13.8 Å². The lowest BCUT2D eigenvalue weighted by Gasteiger charge is -2.22. The van der Waals surface area contributed by atoms with Gasteiger partial charge in [-0.1, -0.05) is 13.8 Å². The molecule has 1 rings (SSSR count). The Kier molecular flexibility index (Phi) is 3.86. The van der Waals surface area contributed by atoms with E-state index in [1.807, 2.05) is 13.8 Å². The molecule has 7 N–H and O–H groups in total. The smallest absolute Gasteiger partial charge is 0.223 e. The quantitative estimate of drug-likeness (QED) is 0.347. The number of aromatic nitrogens is 2. The van der Waals surface area contributed by atoms with E-state index in [4.69, 9.17) is 16.7 Å². The standard InChI is InChI=1S/C9H18N6O/c1-9(2,5-16)4-12-6-3-7(15-11)14-8(10)13-6/h3,16H,4-5,11H2,1-2H3,(H4,10,12,13,14,15). The van der Waals surface area contributed by atoms with Crippen molar-refractivity contribution in [3.8, 4) is 0 Å². The van der Waals surface area contributed by atoms with Crippen molar-refractivity contribution in [2.24, 2.45) is 11.3 Å². The number of nitrogens with two attached hydrogens (primary N) is 2. The van der Waals surface area contributed by atoms with Gasteiger partial charge in [-0.2, -0.15) is 9.97 Å². The van der Waals surface area contributed by atoms with Crippen LogP contribution in [-0.2, 0) is 0 Å². The minimum atomic E-state index is -0.226. The van der Waals surface area contributed by atoms with Crippen LogP contribution in [0.15, 0.2) is 6.07 Å². The molecule has 1 heterocycles. The van der Waals surface area contributed by atoms with Crippen molar-refractivity contribution in [3.05, 3.63) is 6.07 Å². The predicted molar refractivity (Wildman–Crippen MR) is 63.6 cm³/mol. The maximum absolute atomic E-state index is 9.10. The number of nitrogens with zero attached hydrogens (tertiary/aromatic N) is 2. The van der Waals surface area contributed by atoms with Crippen LogP contribution in [0.4, 0.5) is 17.6 Å². The van der Waals surface area contributed by atoms with Crippen LogP contribution in [0, 0.1) is 5.41 Å². The highest BCUT2D eigenvalue weighted by Gasteiger charge is 2.16. The highest BCUT2D eigenvalue weighted by molar-refractivity contribution is 5.50.